The predicted octanol–water partition coefficient (Wildman–Crippen LogP) is 2.23. The smallest absolute Gasteiger partial charge is 0.341 e. The lowest BCUT2D eigenvalue weighted by Crippen LogP contribution is -2.22. The van der Waals surface area contributed by atoms with E-state index in [1.54, 1.807) is 30.6 Å². The highest BCUT2D eigenvalue weighted by molar-refractivity contribution is 6.30. The third kappa shape index (κ3) is 4.94. The summed E-state index contributed by atoms with van der Waals surface area (Å²) in [4.78, 5) is 16.9. The van der Waals surface area contributed by atoms with E-state index in [2.05, 4.69) is 9.88 Å². The van der Waals surface area contributed by atoms with Gasteiger partial charge in [-0.1, -0.05) is 11.6 Å². The molecular weight excluding hydrogens is 356 g/mol. The van der Waals surface area contributed by atoms with E-state index in [9.17, 15) is 9.90 Å². The van der Waals surface area contributed by atoms with Crippen LogP contribution < -0.4 is 4.74 Å². The Labute approximate surface area is 157 Å². The van der Waals surface area contributed by atoms with E-state index in [0.717, 1.165) is 24.1 Å². The molecule has 7 heteroatoms. The van der Waals surface area contributed by atoms with Gasteiger partial charge in [0.05, 0.1) is 6.10 Å². The van der Waals surface area contributed by atoms with E-state index in [4.69, 9.17) is 21.4 Å². The van der Waals surface area contributed by atoms with Gasteiger partial charge >= 0.3 is 5.97 Å². The molecule has 2 N–H and O–H groups in total. The Kier molecular flexibility index (Phi) is 6.08. The molecule has 0 radical (unpaired) electrons. The number of aromatic nitrogens is 1. The summed E-state index contributed by atoms with van der Waals surface area (Å²) in [6.07, 6.45) is 3.89. The van der Waals surface area contributed by atoms with E-state index in [-0.39, 0.29) is 5.92 Å². The van der Waals surface area contributed by atoms with Gasteiger partial charge in [0.2, 0.25) is 0 Å². The molecule has 0 bridgehead atoms. The summed E-state index contributed by atoms with van der Waals surface area (Å²) in [5, 5.41) is 19.8. The number of carboxylic acid groups (broad SMARTS) is 1. The average Bonchev–Trinajstić information content (AvgIpc) is 2.94. The fourth-order valence-electron chi connectivity index (χ4n) is 3.29. The Bertz CT molecular complexity index is 756. The van der Waals surface area contributed by atoms with Crippen LogP contribution in [0, 0.1) is 5.92 Å². The molecule has 3 rings (SSSR count). The van der Waals surface area contributed by atoms with Gasteiger partial charge < -0.3 is 14.9 Å². The van der Waals surface area contributed by atoms with Crippen molar-refractivity contribution in [2.45, 2.75) is 19.1 Å². The lowest BCUT2D eigenvalue weighted by Gasteiger charge is -2.18. The first-order valence-corrected chi connectivity index (χ1v) is 8.81. The highest BCUT2D eigenvalue weighted by atomic mass is 35.5. The standard InChI is InChI=1S/C19H21ClN2O4/c20-16-1-2-18(26-12-19(24)25)15(8-16)10-22-9-14(17(23)11-22)7-13-3-5-21-6-4-13/h1-6,8,14,17,23H,7,9-12H2,(H,24,25)/t14-,17-/m1/s1. The van der Waals surface area contributed by atoms with E-state index in [1.807, 2.05) is 12.1 Å². The minimum atomic E-state index is -1.03. The van der Waals surface area contributed by atoms with E-state index in [0.29, 0.717) is 23.9 Å². The van der Waals surface area contributed by atoms with Crippen LogP contribution in [0.5, 0.6) is 5.75 Å². The van der Waals surface area contributed by atoms with Gasteiger partial charge in [-0.15, -0.1) is 0 Å². The molecule has 2 atom stereocenters. The zero-order valence-electron chi connectivity index (χ0n) is 14.2. The first-order valence-electron chi connectivity index (χ1n) is 8.43. The molecular formula is C19H21ClN2O4. The number of pyridine rings is 1. The number of aliphatic hydroxyl groups excluding tert-OH is 1. The zero-order valence-corrected chi connectivity index (χ0v) is 15.0. The summed E-state index contributed by atoms with van der Waals surface area (Å²) in [6.45, 7) is 1.44. The Morgan fingerprint density at radius 2 is 2.04 bits per heavy atom. The molecule has 138 valence electrons. The number of nitrogens with zero attached hydrogens (tertiary/aromatic N) is 2. The quantitative estimate of drug-likeness (QED) is 0.771. The third-order valence-electron chi connectivity index (χ3n) is 4.50. The van der Waals surface area contributed by atoms with Crippen molar-refractivity contribution < 1.29 is 19.7 Å². The van der Waals surface area contributed by atoms with Crippen LogP contribution in [0.4, 0.5) is 0 Å². The van der Waals surface area contributed by atoms with Gasteiger partial charge in [-0.25, -0.2) is 4.79 Å². The molecule has 0 unspecified atom stereocenters. The molecule has 0 aliphatic carbocycles. The van der Waals surface area contributed by atoms with Crippen LogP contribution in [0.2, 0.25) is 5.02 Å². The van der Waals surface area contributed by atoms with E-state index < -0.39 is 18.7 Å². The van der Waals surface area contributed by atoms with Crippen molar-refractivity contribution in [3.05, 3.63) is 58.9 Å². The predicted molar refractivity (Wildman–Crippen MR) is 97.3 cm³/mol. The number of aliphatic carboxylic acids is 1. The minimum Gasteiger partial charge on any atom is -0.482 e. The second kappa shape index (κ2) is 8.49. The van der Waals surface area contributed by atoms with Gasteiger partial charge in [-0.05, 0) is 42.3 Å². The molecule has 1 saturated heterocycles. The molecule has 1 aromatic heterocycles. The zero-order chi connectivity index (χ0) is 18.5. The largest absolute Gasteiger partial charge is 0.482 e. The van der Waals surface area contributed by atoms with Crippen molar-refractivity contribution in [1.82, 2.24) is 9.88 Å². The second-order valence-corrected chi connectivity index (χ2v) is 6.95. The number of hydrogen-bond acceptors (Lipinski definition) is 5. The maximum atomic E-state index is 10.8. The Balaban J connectivity index is 1.66. The van der Waals surface area contributed by atoms with Crippen LogP contribution in [0.15, 0.2) is 42.7 Å². The highest BCUT2D eigenvalue weighted by Crippen LogP contribution is 2.28. The first-order chi connectivity index (χ1) is 12.5. The molecule has 6 nitrogen and oxygen atoms in total. The number of likely N-dealkylation sites (tertiary alicyclic amines) is 1. The van der Waals surface area contributed by atoms with Gasteiger partial charge in [0.25, 0.3) is 0 Å². The topological polar surface area (TPSA) is 82.9 Å². The number of rotatable bonds is 7. The molecule has 1 aliphatic heterocycles. The fourth-order valence-corrected chi connectivity index (χ4v) is 3.48. The van der Waals surface area contributed by atoms with Gasteiger partial charge in [0.15, 0.2) is 6.61 Å². The minimum absolute atomic E-state index is 0.139. The molecule has 26 heavy (non-hydrogen) atoms. The molecule has 1 fully saturated rings. The molecule has 0 amide bonds. The molecule has 0 spiro atoms. The van der Waals surface area contributed by atoms with Gasteiger partial charge in [-0.3, -0.25) is 9.88 Å². The van der Waals surface area contributed by atoms with Crippen molar-refractivity contribution in [2.24, 2.45) is 5.92 Å². The van der Waals surface area contributed by atoms with Crippen LogP contribution in [0.25, 0.3) is 0 Å². The van der Waals surface area contributed by atoms with Crippen molar-refractivity contribution >= 4 is 17.6 Å². The van der Waals surface area contributed by atoms with Crippen molar-refractivity contribution in [1.29, 1.82) is 0 Å². The summed E-state index contributed by atoms with van der Waals surface area (Å²) in [5.74, 6) is -0.385. The number of ether oxygens (including phenoxy) is 1. The van der Waals surface area contributed by atoms with Crippen LogP contribution in [0.1, 0.15) is 11.1 Å². The van der Waals surface area contributed by atoms with Crippen LogP contribution in [-0.4, -0.2) is 51.9 Å². The molecule has 1 aliphatic rings. The number of carbonyl (C=O) groups is 1. The van der Waals surface area contributed by atoms with Gasteiger partial charge in [0, 0.05) is 48.5 Å². The Morgan fingerprint density at radius 3 is 2.77 bits per heavy atom. The van der Waals surface area contributed by atoms with Crippen LogP contribution in [-0.2, 0) is 17.8 Å². The summed E-state index contributed by atoms with van der Waals surface area (Å²) >= 11 is 6.08. The van der Waals surface area contributed by atoms with Crippen LogP contribution >= 0.6 is 11.6 Å². The summed E-state index contributed by atoms with van der Waals surface area (Å²) in [7, 11) is 0. The molecule has 1 aromatic carbocycles. The first kappa shape index (κ1) is 18.6. The van der Waals surface area contributed by atoms with Crippen molar-refractivity contribution in [2.75, 3.05) is 19.7 Å². The lowest BCUT2D eigenvalue weighted by atomic mass is 9.97. The number of aliphatic hydroxyl groups is 1. The van der Waals surface area contributed by atoms with E-state index in [1.165, 1.54) is 0 Å². The van der Waals surface area contributed by atoms with Crippen LogP contribution in [0.3, 0.4) is 0 Å². The summed E-state index contributed by atoms with van der Waals surface area (Å²) < 4.78 is 5.36. The molecule has 0 saturated carbocycles. The van der Waals surface area contributed by atoms with Crippen molar-refractivity contribution in [3.63, 3.8) is 0 Å². The number of β-amino-alcohol motifs (C(OH)–C–C–N with tert-alkyl or cyclic N) is 1. The second-order valence-electron chi connectivity index (χ2n) is 6.52. The normalized spacial score (nSPS) is 20.2. The molecule has 2 aromatic rings. The number of benzene rings is 1. The number of halogens is 1. The Morgan fingerprint density at radius 1 is 1.27 bits per heavy atom. The lowest BCUT2D eigenvalue weighted by molar-refractivity contribution is -0.139. The average molecular weight is 377 g/mol. The maximum Gasteiger partial charge on any atom is 0.341 e. The van der Waals surface area contributed by atoms with Gasteiger partial charge in [0.1, 0.15) is 5.75 Å². The third-order valence-corrected chi connectivity index (χ3v) is 4.73. The van der Waals surface area contributed by atoms with Crippen molar-refractivity contribution in [3.8, 4) is 5.75 Å². The highest BCUT2D eigenvalue weighted by Gasteiger charge is 2.31. The summed E-state index contributed by atoms with van der Waals surface area (Å²) in [6, 6.07) is 9.06. The maximum absolute atomic E-state index is 10.8. The Hall–Kier alpha value is -2.15. The monoisotopic (exact) mass is 376 g/mol. The SMILES string of the molecule is O=C(O)COc1ccc(Cl)cc1CN1C[C@@H](Cc2ccncc2)[C@H](O)C1. The molecule has 2 heterocycles. The number of hydrogen-bond donors (Lipinski definition) is 2. The van der Waals surface area contributed by atoms with Gasteiger partial charge in [-0.2, -0.15) is 0 Å². The fraction of sp³-hybridized carbons (Fsp3) is 0.368. The van der Waals surface area contributed by atoms with E-state index >= 15 is 0 Å². The number of carboxylic acids is 1. The summed E-state index contributed by atoms with van der Waals surface area (Å²) in [5.41, 5.74) is 1.97.